The highest BCUT2D eigenvalue weighted by Crippen LogP contribution is 2.32. The Bertz CT molecular complexity index is 1360. The molecule has 0 radical (unpaired) electrons. The lowest BCUT2D eigenvalue weighted by atomic mass is 10.0. The Morgan fingerprint density at radius 1 is 0.714 bits per heavy atom. The first-order chi connectivity index (χ1) is 16.5. The van der Waals surface area contributed by atoms with E-state index in [2.05, 4.69) is 15.5 Å². The molecule has 0 saturated carbocycles. The SMILES string of the molecule is COc1ccc(-c2nnc(Nc3ccc(O)cc3)c3ccccc23)cc1.Cl.Nc1ccc(O)cc1. The fraction of sp³-hybridized carbons (Fsp3) is 0.0370. The molecule has 0 atom stereocenters. The summed E-state index contributed by atoms with van der Waals surface area (Å²) in [4.78, 5) is 0. The molecular formula is C27H25ClN4O3. The highest BCUT2D eigenvalue weighted by molar-refractivity contribution is 6.00. The fourth-order valence-electron chi connectivity index (χ4n) is 3.31. The molecule has 0 bridgehead atoms. The number of halogens is 1. The monoisotopic (exact) mass is 488 g/mol. The number of anilines is 3. The van der Waals surface area contributed by atoms with Crippen molar-refractivity contribution in [2.45, 2.75) is 0 Å². The lowest BCUT2D eigenvalue weighted by Gasteiger charge is -2.11. The van der Waals surface area contributed by atoms with Crippen LogP contribution >= 0.6 is 12.4 Å². The summed E-state index contributed by atoms with van der Waals surface area (Å²) < 4.78 is 5.22. The van der Waals surface area contributed by atoms with Crippen LogP contribution in [-0.2, 0) is 0 Å². The van der Waals surface area contributed by atoms with Gasteiger partial charge in [0.2, 0.25) is 0 Å². The number of nitrogens with one attached hydrogen (secondary N) is 1. The number of ether oxygens (including phenoxy) is 1. The van der Waals surface area contributed by atoms with Crippen molar-refractivity contribution < 1.29 is 14.9 Å². The van der Waals surface area contributed by atoms with Crippen LogP contribution in [0, 0.1) is 0 Å². The molecule has 7 nitrogen and oxygen atoms in total. The van der Waals surface area contributed by atoms with Gasteiger partial charge in [0.25, 0.3) is 0 Å². The highest BCUT2D eigenvalue weighted by atomic mass is 35.5. The average molecular weight is 489 g/mol. The Morgan fingerprint density at radius 3 is 1.86 bits per heavy atom. The van der Waals surface area contributed by atoms with Crippen molar-refractivity contribution in [1.82, 2.24) is 10.2 Å². The molecule has 0 aliphatic rings. The van der Waals surface area contributed by atoms with Gasteiger partial charge in [-0.15, -0.1) is 22.6 Å². The summed E-state index contributed by atoms with van der Waals surface area (Å²) >= 11 is 0. The molecular weight excluding hydrogens is 464 g/mol. The van der Waals surface area contributed by atoms with Gasteiger partial charge in [-0.05, 0) is 72.8 Å². The number of methoxy groups -OCH3 is 1. The van der Waals surface area contributed by atoms with E-state index in [-0.39, 0.29) is 23.9 Å². The second kappa shape index (κ2) is 11.6. The van der Waals surface area contributed by atoms with Gasteiger partial charge in [0.05, 0.1) is 7.11 Å². The normalized spacial score (nSPS) is 9.97. The molecule has 0 aliphatic carbocycles. The van der Waals surface area contributed by atoms with Crippen LogP contribution in [0.3, 0.4) is 0 Å². The minimum absolute atomic E-state index is 0. The van der Waals surface area contributed by atoms with Crippen molar-refractivity contribution in [3.05, 3.63) is 97.1 Å². The molecule has 1 heterocycles. The Labute approximate surface area is 209 Å². The van der Waals surface area contributed by atoms with Gasteiger partial charge < -0.3 is 26.0 Å². The Morgan fingerprint density at radius 2 is 1.29 bits per heavy atom. The van der Waals surface area contributed by atoms with Crippen molar-refractivity contribution in [2.24, 2.45) is 0 Å². The second-order valence-electron chi connectivity index (χ2n) is 7.43. The van der Waals surface area contributed by atoms with E-state index in [4.69, 9.17) is 15.6 Å². The van der Waals surface area contributed by atoms with Crippen molar-refractivity contribution >= 4 is 40.4 Å². The maximum atomic E-state index is 9.43. The van der Waals surface area contributed by atoms with Crippen LogP contribution in [0.1, 0.15) is 0 Å². The smallest absolute Gasteiger partial charge is 0.161 e. The van der Waals surface area contributed by atoms with E-state index in [1.54, 1.807) is 55.6 Å². The van der Waals surface area contributed by atoms with Crippen LogP contribution in [-0.4, -0.2) is 27.5 Å². The largest absolute Gasteiger partial charge is 0.508 e. The van der Waals surface area contributed by atoms with E-state index in [1.807, 2.05) is 48.5 Å². The number of phenols is 2. The van der Waals surface area contributed by atoms with Crippen molar-refractivity contribution in [2.75, 3.05) is 18.2 Å². The van der Waals surface area contributed by atoms with Gasteiger partial charge >= 0.3 is 0 Å². The van der Waals surface area contributed by atoms with Gasteiger partial charge in [-0.2, -0.15) is 0 Å². The lowest BCUT2D eigenvalue weighted by molar-refractivity contribution is 0.415. The predicted molar refractivity (Wildman–Crippen MR) is 143 cm³/mol. The molecule has 5 rings (SSSR count). The molecule has 5 aromatic rings. The van der Waals surface area contributed by atoms with Gasteiger partial charge in [-0.1, -0.05) is 24.3 Å². The van der Waals surface area contributed by atoms with Crippen molar-refractivity contribution in [1.29, 1.82) is 0 Å². The van der Waals surface area contributed by atoms with E-state index in [0.29, 0.717) is 11.5 Å². The number of phenolic OH excluding ortho intramolecular Hbond substituents is 2. The topological polar surface area (TPSA) is 114 Å². The first kappa shape index (κ1) is 25.1. The molecule has 0 spiro atoms. The minimum Gasteiger partial charge on any atom is -0.508 e. The zero-order chi connectivity index (χ0) is 23.9. The van der Waals surface area contributed by atoms with Crippen LogP contribution in [0.4, 0.5) is 17.2 Å². The van der Waals surface area contributed by atoms with Crippen LogP contribution in [0.2, 0.25) is 0 Å². The maximum Gasteiger partial charge on any atom is 0.161 e. The van der Waals surface area contributed by atoms with Gasteiger partial charge in [-0.25, -0.2) is 0 Å². The van der Waals surface area contributed by atoms with Crippen molar-refractivity contribution in [3.63, 3.8) is 0 Å². The number of aromatic hydroxyl groups is 2. The molecule has 1 aromatic heterocycles. The summed E-state index contributed by atoms with van der Waals surface area (Å²) in [5.41, 5.74) is 8.61. The molecule has 0 saturated heterocycles. The molecule has 5 N–H and O–H groups in total. The summed E-state index contributed by atoms with van der Waals surface area (Å²) in [7, 11) is 1.65. The number of hydrogen-bond donors (Lipinski definition) is 4. The second-order valence-corrected chi connectivity index (χ2v) is 7.43. The zero-order valence-corrected chi connectivity index (χ0v) is 19.7. The van der Waals surface area contributed by atoms with Crippen LogP contribution in [0.25, 0.3) is 22.0 Å². The van der Waals surface area contributed by atoms with Gasteiger partial charge in [-0.3, -0.25) is 0 Å². The third-order valence-corrected chi connectivity index (χ3v) is 5.07. The number of nitrogen functional groups attached to an aromatic ring is 1. The molecule has 0 amide bonds. The average Bonchev–Trinajstić information content (AvgIpc) is 2.88. The Kier molecular flexibility index (Phi) is 8.32. The van der Waals surface area contributed by atoms with E-state index < -0.39 is 0 Å². The van der Waals surface area contributed by atoms with Gasteiger partial charge in [0.1, 0.15) is 22.9 Å². The third-order valence-electron chi connectivity index (χ3n) is 5.07. The first-order valence-electron chi connectivity index (χ1n) is 10.5. The van der Waals surface area contributed by atoms with E-state index in [1.165, 1.54) is 0 Å². The lowest BCUT2D eigenvalue weighted by Crippen LogP contribution is -1.99. The van der Waals surface area contributed by atoms with Crippen molar-refractivity contribution in [3.8, 4) is 28.5 Å². The Hall–Kier alpha value is -4.49. The van der Waals surface area contributed by atoms with Gasteiger partial charge in [0, 0.05) is 27.7 Å². The molecule has 0 unspecified atom stereocenters. The molecule has 35 heavy (non-hydrogen) atoms. The summed E-state index contributed by atoms with van der Waals surface area (Å²) in [5.74, 6) is 1.95. The fourth-order valence-corrected chi connectivity index (χ4v) is 3.31. The number of fused-ring (bicyclic) bond motifs is 1. The number of nitrogens with two attached hydrogens (primary N) is 1. The molecule has 178 valence electrons. The number of hydrogen-bond acceptors (Lipinski definition) is 7. The molecule has 4 aromatic carbocycles. The summed E-state index contributed by atoms with van der Waals surface area (Å²) in [5, 5.41) is 32.2. The number of nitrogens with zero attached hydrogens (tertiary/aromatic N) is 2. The number of aromatic nitrogens is 2. The number of rotatable bonds is 4. The first-order valence-corrected chi connectivity index (χ1v) is 10.5. The summed E-state index contributed by atoms with van der Waals surface area (Å²) in [6.45, 7) is 0. The zero-order valence-electron chi connectivity index (χ0n) is 18.9. The van der Waals surface area contributed by atoms with Crippen LogP contribution in [0.15, 0.2) is 97.1 Å². The minimum atomic E-state index is 0. The van der Waals surface area contributed by atoms with Crippen LogP contribution in [0.5, 0.6) is 17.2 Å². The predicted octanol–water partition coefficient (Wildman–Crippen LogP) is 6.15. The summed E-state index contributed by atoms with van der Waals surface area (Å²) in [6.07, 6.45) is 0. The van der Waals surface area contributed by atoms with E-state index >= 15 is 0 Å². The maximum absolute atomic E-state index is 9.43. The number of benzene rings is 4. The standard InChI is InChI=1S/C21H17N3O2.C6H7NO.ClH/c1-26-17-12-6-14(7-13-17)20-18-4-2-3-5-19(18)21(24-23-20)22-15-8-10-16(25)11-9-15;7-5-1-3-6(8)4-2-5;/h2-13,25H,1H3,(H,22,24);1-4,8H,7H2;1H. The van der Waals surface area contributed by atoms with E-state index in [9.17, 15) is 5.11 Å². The van der Waals surface area contributed by atoms with E-state index in [0.717, 1.165) is 33.5 Å². The van der Waals surface area contributed by atoms with Crippen LogP contribution < -0.4 is 15.8 Å². The molecule has 0 aliphatic heterocycles. The molecule has 0 fully saturated rings. The Balaban J connectivity index is 0.000000325. The highest BCUT2D eigenvalue weighted by Gasteiger charge is 2.11. The van der Waals surface area contributed by atoms with Gasteiger partial charge in [0.15, 0.2) is 5.82 Å². The summed E-state index contributed by atoms with van der Waals surface area (Å²) in [6, 6.07) is 29.0. The molecule has 8 heteroatoms. The third kappa shape index (κ3) is 6.31. The quantitative estimate of drug-likeness (QED) is 0.177.